The number of aromatic carboxylic acids is 1. The highest BCUT2D eigenvalue weighted by molar-refractivity contribution is 7.16. The lowest BCUT2D eigenvalue weighted by atomic mass is 10.1. The van der Waals surface area contributed by atoms with Gasteiger partial charge in [-0.2, -0.15) is 0 Å². The molecule has 0 saturated carbocycles. The largest absolute Gasteiger partial charge is 0.478 e. The monoisotopic (exact) mass is 463 g/mol. The third kappa shape index (κ3) is 5.23. The second-order valence-electron chi connectivity index (χ2n) is 8.62. The number of aromatic nitrogens is 2. The Morgan fingerprint density at radius 1 is 1.06 bits per heavy atom. The second-order valence-corrected chi connectivity index (χ2v) is 9.51. The fourth-order valence-electron chi connectivity index (χ4n) is 3.43. The zero-order chi connectivity index (χ0) is 23.6. The first-order valence-electron chi connectivity index (χ1n) is 10.6. The number of benzene rings is 2. The molecule has 0 atom stereocenters. The van der Waals surface area contributed by atoms with Crippen molar-refractivity contribution in [2.24, 2.45) is 0 Å². The van der Waals surface area contributed by atoms with Crippen molar-refractivity contribution in [2.45, 2.75) is 32.8 Å². The van der Waals surface area contributed by atoms with Crippen LogP contribution in [-0.4, -0.2) is 38.7 Å². The van der Waals surface area contributed by atoms with Crippen molar-refractivity contribution in [1.29, 1.82) is 0 Å². The van der Waals surface area contributed by atoms with Crippen molar-refractivity contribution in [2.75, 3.05) is 6.54 Å². The maximum Gasteiger partial charge on any atom is 0.407 e. The first kappa shape index (κ1) is 22.5. The van der Waals surface area contributed by atoms with Crippen molar-refractivity contribution in [3.8, 4) is 22.6 Å². The van der Waals surface area contributed by atoms with Crippen molar-refractivity contribution < 1.29 is 19.4 Å². The summed E-state index contributed by atoms with van der Waals surface area (Å²) >= 11 is 1.60. The summed E-state index contributed by atoms with van der Waals surface area (Å²) in [7, 11) is 0. The lowest BCUT2D eigenvalue weighted by Gasteiger charge is -2.19. The van der Waals surface area contributed by atoms with E-state index in [0.29, 0.717) is 13.0 Å². The predicted octanol–water partition coefficient (Wildman–Crippen LogP) is 5.50. The van der Waals surface area contributed by atoms with E-state index in [4.69, 9.17) is 14.8 Å². The van der Waals surface area contributed by atoms with Gasteiger partial charge in [-0.1, -0.05) is 36.4 Å². The van der Waals surface area contributed by atoms with Gasteiger partial charge < -0.3 is 15.2 Å². The van der Waals surface area contributed by atoms with E-state index in [0.717, 1.165) is 33.0 Å². The summed E-state index contributed by atoms with van der Waals surface area (Å²) in [5.74, 6) is -0.184. The van der Waals surface area contributed by atoms with Crippen molar-refractivity contribution >= 4 is 28.2 Å². The Morgan fingerprint density at radius 2 is 1.73 bits per heavy atom. The van der Waals surface area contributed by atoms with Gasteiger partial charge in [-0.15, -0.1) is 11.3 Å². The first-order chi connectivity index (χ1) is 15.7. The molecule has 33 heavy (non-hydrogen) atoms. The van der Waals surface area contributed by atoms with Crippen LogP contribution < -0.4 is 5.32 Å². The summed E-state index contributed by atoms with van der Waals surface area (Å²) in [6.45, 7) is 6.00. The molecule has 0 aliphatic carbocycles. The Bertz CT molecular complexity index is 1280. The van der Waals surface area contributed by atoms with E-state index in [9.17, 15) is 9.59 Å². The molecule has 2 aromatic heterocycles. The third-order valence-electron chi connectivity index (χ3n) is 4.96. The average Bonchev–Trinajstić information content (AvgIpc) is 3.36. The second kappa shape index (κ2) is 9.07. The summed E-state index contributed by atoms with van der Waals surface area (Å²) < 4.78 is 7.28. The summed E-state index contributed by atoms with van der Waals surface area (Å²) in [5, 5.41) is 13.9. The molecule has 2 heterocycles. The standard InChI is InChI=1S/C25H25N3O4S/c1-25(2,3)32-24(31)26-13-12-16-4-6-17(7-5-16)20-22-28(14-15-33-22)21(27-20)18-8-10-19(11-9-18)23(29)30/h4-11,14-15H,12-13H2,1-3H3,(H,26,31)(H,29,30). The Balaban J connectivity index is 1.50. The quantitative estimate of drug-likeness (QED) is 0.394. The number of ether oxygens (including phenoxy) is 1. The lowest BCUT2D eigenvalue weighted by molar-refractivity contribution is 0.0528. The van der Waals surface area contributed by atoms with Gasteiger partial charge >= 0.3 is 12.1 Å². The number of carbonyl (C=O) groups is 2. The summed E-state index contributed by atoms with van der Waals surface area (Å²) in [5.41, 5.74) is 3.55. The zero-order valence-electron chi connectivity index (χ0n) is 18.7. The van der Waals surface area contributed by atoms with Crippen LogP contribution in [0.15, 0.2) is 60.1 Å². The smallest absolute Gasteiger partial charge is 0.407 e. The van der Waals surface area contributed by atoms with E-state index in [1.165, 1.54) is 0 Å². The highest BCUT2D eigenvalue weighted by Gasteiger charge is 2.17. The Hall–Kier alpha value is -3.65. The molecule has 2 N–H and O–H groups in total. The first-order valence-corrected chi connectivity index (χ1v) is 11.4. The zero-order valence-corrected chi connectivity index (χ0v) is 19.5. The van der Waals surface area contributed by atoms with Crippen LogP contribution in [0, 0.1) is 0 Å². The van der Waals surface area contributed by atoms with Crippen molar-refractivity contribution in [3.05, 3.63) is 71.2 Å². The molecule has 0 unspecified atom stereocenters. The van der Waals surface area contributed by atoms with Gasteiger partial charge in [0.1, 0.15) is 21.9 Å². The minimum absolute atomic E-state index is 0.244. The Morgan fingerprint density at radius 3 is 2.36 bits per heavy atom. The molecule has 2 aromatic carbocycles. The minimum Gasteiger partial charge on any atom is -0.478 e. The molecule has 1 amide bonds. The van der Waals surface area contributed by atoms with Gasteiger partial charge in [0.2, 0.25) is 0 Å². The summed E-state index contributed by atoms with van der Waals surface area (Å²) in [6.07, 6.45) is 2.24. The Kier molecular flexibility index (Phi) is 6.20. The maximum absolute atomic E-state index is 11.8. The van der Waals surface area contributed by atoms with Gasteiger partial charge in [0.25, 0.3) is 0 Å². The molecule has 0 radical (unpaired) electrons. The molecule has 0 fully saturated rings. The number of thiazole rings is 1. The van der Waals surface area contributed by atoms with E-state index in [2.05, 4.69) is 5.32 Å². The van der Waals surface area contributed by atoms with E-state index in [1.54, 1.807) is 35.6 Å². The topological polar surface area (TPSA) is 92.9 Å². The van der Waals surface area contributed by atoms with Gasteiger partial charge in [-0.3, -0.25) is 4.40 Å². The molecule has 0 bridgehead atoms. The van der Waals surface area contributed by atoms with Crippen LogP contribution >= 0.6 is 11.3 Å². The molecule has 0 spiro atoms. The van der Waals surface area contributed by atoms with Crippen LogP contribution in [-0.2, 0) is 11.2 Å². The molecule has 0 saturated heterocycles. The van der Waals surface area contributed by atoms with E-state index < -0.39 is 17.7 Å². The van der Waals surface area contributed by atoms with Gasteiger partial charge in [0.15, 0.2) is 0 Å². The lowest BCUT2D eigenvalue weighted by Crippen LogP contribution is -2.33. The highest BCUT2D eigenvalue weighted by atomic mass is 32.1. The van der Waals surface area contributed by atoms with Crippen LogP contribution in [0.5, 0.6) is 0 Å². The van der Waals surface area contributed by atoms with Gasteiger partial charge in [0, 0.05) is 29.2 Å². The molecule has 0 aliphatic heterocycles. The number of carboxylic acid groups (broad SMARTS) is 1. The third-order valence-corrected chi connectivity index (χ3v) is 5.83. The van der Waals surface area contributed by atoms with Crippen LogP contribution in [0.4, 0.5) is 4.79 Å². The van der Waals surface area contributed by atoms with Crippen LogP contribution in [0.1, 0.15) is 36.7 Å². The average molecular weight is 464 g/mol. The van der Waals surface area contributed by atoms with Gasteiger partial charge in [0.05, 0.1) is 5.56 Å². The van der Waals surface area contributed by atoms with E-state index >= 15 is 0 Å². The molecular formula is C25H25N3O4S. The number of alkyl carbamates (subject to hydrolysis) is 1. The fourth-order valence-corrected chi connectivity index (χ4v) is 4.28. The van der Waals surface area contributed by atoms with E-state index in [-0.39, 0.29) is 5.56 Å². The molecule has 7 nitrogen and oxygen atoms in total. The number of carboxylic acids is 1. The van der Waals surface area contributed by atoms with Gasteiger partial charge in [-0.05, 0) is 44.9 Å². The molecule has 4 rings (SSSR count). The number of imidazole rings is 1. The normalized spacial score (nSPS) is 11.5. The SMILES string of the molecule is CC(C)(C)OC(=O)NCCc1ccc(-c2nc(-c3ccc(C(=O)O)cc3)n3ccsc23)cc1. The van der Waals surface area contributed by atoms with Crippen LogP contribution in [0.2, 0.25) is 0 Å². The molecule has 0 aliphatic rings. The molecule has 4 aromatic rings. The number of hydrogen-bond donors (Lipinski definition) is 2. The number of fused-ring (bicyclic) bond motifs is 1. The summed E-state index contributed by atoms with van der Waals surface area (Å²) in [6, 6.07) is 14.9. The van der Waals surface area contributed by atoms with Crippen molar-refractivity contribution in [3.63, 3.8) is 0 Å². The molecule has 170 valence electrons. The van der Waals surface area contributed by atoms with E-state index in [1.807, 2.05) is 61.0 Å². The van der Waals surface area contributed by atoms with Crippen molar-refractivity contribution in [1.82, 2.24) is 14.7 Å². The predicted molar refractivity (Wildman–Crippen MR) is 129 cm³/mol. The number of amides is 1. The number of nitrogens with one attached hydrogen (secondary N) is 1. The molecule has 8 heteroatoms. The number of hydrogen-bond acceptors (Lipinski definition) is 5. The molecular weight excluding hydrogens is 438 g/mol. The fraction of sp³-hybridized carbons (Fsp3) is 0.240. The number of carbonyl (C=O) groups excluding carboxylic acids is 1. The Labute approximate surface area is 195 Å². The number of rotatable bonds is 6. The summed E-state index contributed by atoms with van der Waals surface area (Å²) in [4.78, 5) is 28.8. The van der Waals surface area contributed by atoms with Gasteiger partial charge in [-0.25, -0.2) is 14.6 Å². The maximum atomic E-state index is 11.8. The number of nitrogens with zero attached hydrogens (tertiary/aromatic N) is 2. The van der Waals surface area contributed by atoms with Crippen LogP contribution in [0.3, 0.4) is 0 Å². The van der Waals surface area contributed by atoms with Crippen LogP contribution in [0.25, 0.3) is 27.5 Å². The minimum atomic E-state index is -0.951. The highest BCUT2D eigenvalue weighted by Crippen LogP contribution is 2.32.